The molecule has 5 heteroatoms. The van der Waals surface area contributed by atoms with Crippen LogP contribution in [0.3, 0.4) is 0 Å². The number of rotatable bonds is 3. The predicted octanol–water partition coefficient (Wildman–Crippen LogP) is 0.135. The van der Waals surface area contributed by atoms with Crippen molar-refractivity contribution in [1.29, 1.82) is 0 Å². The number of piperazine rings is 1. The lowest BCUT2D eigenvalue weighted by molar-refractivity contribution is 0.220. The van der Waals surface area contributed by atoms with Crippen molar-refractivity contribution < 1.29 is 8.42 Å². The van der Waals surface area contributed by atoms with Crippen molar-refractivity contribution in [3.05, 3.63) is 6.54 Å². The molecule has 4 nitrogen and oxygen atoms in total. The minimum Gasteiger partial charge on any atom is -0.296 e. The summed E-state index contributed by atoms with van der Waals surface area (Å²) >= 11 is 0. The van der Waals surface area contributed by atoms with Crippen LogP contribution in [0.5, 0.6) is 0 Å². The Morgan fingerprint density at radius 1 is 1.23 bits per heavy atom. The Balaban J connectivity index is 2.39. The molecular formula is C8H17N2O2S. The molecule has 13 heavy (non-hydrogen) atoms. The van der Waals surface area contributed by atoms with Crippen LogP contribution in [-0.2, 0) is 10.0 Å². The predicted molar refractivity (Wildman–Crippen MR) is 52.6 cm³/mol. The molecule has 1 aliphatic rings. The van der Waals surface area contributed by atoms with Crippen LogP contribution in [0.1, 0.15) is 13.3 Å². The molecule has 0 aromatic heterocycles. The SMILES string of the molecule is CC[CH]N1CCN(S(C)(=O)=O)CC1. The fraction of sp³-hybridized carbons (Fsp3) is 0.875. The van der Waals surface area contributed by atoms with Crippen molar-refractivity contribution in [2.45, 2.75) is 13.3 Å². The van der Waals surface area contributed by atoms with Gasteiger partial charge in [0.2, 0.25) is 10.0 Å². The van der Waals surface area contributed by atoms with Crippen LogP contribution in [0.4, 0.5) is 0 Å². The van der Waals surface area contributed by atoms with Crippen molar-refractivity contribution >= 4 is 10.0 Å². The van der Waals surface area contributed by atoms with E-state index in [0.717, 1.165) is 19.5 Å². The Hall–Kier alpha value is -0.130. The maximum Gasteiger partial charge on any atom is 0.211 e. The van der Waals surface area contributed by atoms with Gasteiger partial charge in [0.05, 0.1) is 6.26 Å². The summed E-state index contributed by atoms with van der Waals surface area (Å²) in [5.74, 6) is 0. The summed E-state index contributed by atoms with van der Waals surface area (Å²) in [6, 6.07) is 0. The number of hydrogen-bond donors (Lipinski definition) is 0. The van der Waals surface area contributed by atoms with Gasteiger partial charge in [-0.2, -0.15) is 4.31 Å². The van der Waals surface area contributed by atoms with Gasteiger partial charge in [0.1, 0.15) is 0 Å². The molecule has 1 aliphatic heterocycles. The van der Waals surface area contributed by atoms with Gasteiger partial charge in [-0.25, -0.2) is 8.42 Å². The first-order valence-electron chi connectivity index (χ1n) is 4.56. The van der Waals surface area contributed by atoms with Gasteiger partial charge in [-0.05, 0) is 6.42 Å². The van der Waals surface area contributed by atoms with Crippen LogP contribution in [0.15, 0.2) is 0 Å². The highest BCUT2D eigenvalue weighted by Gasteiger charge is 2.22. The van der Waals surface area contributed by atoms with Gasteiger partial charge in [0.15, 0.2) is 0 Å². The quantitative estimate of drug-likeness (QED) is 0.658. The van der Waals surface area contributed by atoms with E-state index in [1.165, 1.54) is 10.6 Å². The first kappa shape index (κ1) is 10.9. The second-order valence-corrected chi connectivity index (χ2v) is 5.27. The minimum atomic E-state index is -2.97. The van der Waals surface area contributed by atoms with Crippen LogP contribution < -0.4 is 0 Å². The van der Waals surface area contributed by atoms with Crippen LogP contribution in [0.2, 0.25) is 0 Å². The van der Waals surface area contributed by atoms with Gasteiger partial charge in [-0.3, -0.25) is 4.90 Å². The lowest BCUT2D eigenvalue weighted by atomic mass is 10.3. The van der Waals surface area contributed by atoms with E-state index in [-0.39, 0.29) is 0 Å². The lowest BCUT2D eigenvalue weighted by Gasteiger charge is -2.32. The third-order valence-electron chi connectivity index (χ3n) is 2.18. The van der Waals surface area contributed by atoms with Crippen molar-refractivity contribution in [1.82, 2.24) is 9.21 Å². The number of nitrogens with zero attached hydrogens (tertiary/aromatic N) is 2. The maximum atomic E-state index is 11.1. The van der Waals surface area contributed by atoms with E-state index in [4.69, 9.17) is 0 Å². The molecular weight excluding hydrogens is 188 g/mol. The fourth-order valence-electron chi connectivity index (χ4n) is 1.48. The topological polar surface area (TPSA) is 40.6 Å². The molecule has 0 saturated carbocycles. The van der Waals surface area contributed by atoms with E-state index < -0.39 is 10.0 Å². The fourth-order valence-corrected chi connectivity index (χ4v) is 2.30. The highest BCUT2D eigenvalue weighted by Crippen LogP contribution is 2.07. The Labute approximate surface area is 80.6 Å². The van der Waals surface area contributed by atoms with E-state index in [2.05, 4.69) is 18.4 Å². The van der Waals surface area contributed by atoms with E-state index in [1.54, 1.807) is 0 Å². The third kappa shape index (κ3) is 3.25. The van der Waals surface area contributed by atoms with E-state index >= 15 is 0 Å². The van der Waals surface area contributed by atoms with Crippen LogP contribution in [0, 0.1) is 6.54 Å². The maximum absolute atomic E-state index is 11.1. The lowest BCUT2D eigenvalue weighted by Crippen LogP contribution is -2.47. The van der Waals surface area contributed by atoms with Crippen LogP contribution in [-0.4, -0.2) is 50.1 Å². The summed E-state index contributed by atoms with van der Waals surface area (Å²) in [5.41, 5.74) is 0. The molecule has 0 N–H and O–H groups in total. The van der Waals surface area contributed by atoms with Crippen LogP contribution >= 0.6 is 0 Å². The summed E-state index contributed by atoms with van der Waals surface area (Å²) in [6.07, 6.45) is 2.28. The summed E-state index contributed by atoms with van der Waals surface area (Å²) in [7, 11) is -2.97. The zero-order valence-corrected chi connectivity index (χ0v) is 9.05. The van der Waals surface area contributed by atoms with Gasteiger partial charge in [-0.1, -0.05) is 6.92 Å². The van der Waals surface area contributed by atoms with E-state index in [1.807, 2.05) is 0 Å². The number of sulfonamides is 1. The minimum absolute atomic E-state index is 0.620. The van der Waals surface area contributed by atoms with Gasteiger partial charge in [0.25, 0.3) is 0 Å². The molecule has 1 heterocycles. The normalized spacial score (nSPS) is 22.0. The van der Waals surface area contributed by atoms with E-state index in [0.29, 0.717) is 13.1 Å². The molecule has 0 aliphatic carbocycles. The van der Waals surface area contributed by atoms with Crippen molar-refractivity contribution in [3.8, 4) is 0 Å². The van der Waals surface area contributed by atoms with Crippen molar-refractivity contribution in [3.63, 3.8) is 0 Å². The molecule has 0 aromatic rings. The van der Waals surface area contributed by atoms with Gasteiger partial charge in [-0.15, -0.1) is 0 Å². The summed E-state index contributed by atoms with van der Waals surface area (Å²) in [6.45, 7) is 7.09. The molecule has 0 aromatic carbocycles. The van der Waals surface area contributed by atoms with Gasteiger partial charge in [0, 0.05) is 32.7 Å². The summed E-state index contributed by atoms with van der Waals surface area (Å²) < 4.78 is 23.8. The molecule has 1 saturated heterocycles. The average molecular weight is 205 g/mol. The first-order valence-corrected chi connectivity index (χ1v) is 6.41. The summed E-state index contributed by atoms with van der Waals surface area (Å²) in [5, 5.41) is 0. The highest BCUT2D eigenvalue weighted by molar-refractivity contribution is 7.88. The molecule has 1 radical (unpaired) electrons. The molecule has 1 fully saturated rings. The molecule has 0 spiro atoms. The highest BCUT2D eigenvalue weighted by atomic mass is 32.2. The van der Waals surface area contributed by atoms with Crippen molar-refractivity contribution in [2.24, 2.45) is 0 Å². The standard InChI is InChI=1S/C8H17N2O2S/c1-3-4-9-5-7-10(8-6-9)13(2,11)12/h4H,3,5-8H2,1-2H3. The smallest absolute Gasteiger partial charge is 0.211 e. The van der Waals surface area contributed by atoms with Gasteiger partial charge >= 0.3 is 0 Å². The Morgan fingerprint density at radius 2 is 1.77 bits per heavy atom. The average Bonchev–Trinajstić information content (AvgIpc) is 2.04. The zero-order chi connectivity index (χ0) is 9.90. The second kappa shape index (κ2) is 4.39. The molecule has 77 valence electrons. The summed E-state index contributed by atoms with van der Waals surface area (Å²) in [4.78, 5) is 2.18. The van der Waals surface area contributed by atoms with Crippen LogP contribution in [0.25, 0.3) is 0 Å². The third-order valence-corrected chi connectivity index (χ3v) is 3.49. The second-order valence-electron chi connectivity index (χ2n) is 3.29. The molecule has 0 unspecified atom stereocenters. The largest absolute Gasteiger partial charge is 0.296 e. The zero-order valence-electron chi connectivity index (χ0n) is 8.23. The molecule has 0 atom stereocenters. The van der Waals surface area contributed by atoms with Gasteiger partial charge < -0.3 is 0 Å². The monoisotopic (exact) mass is 205 g/mol. The molecule has 0 amide bonds. The Kier molecular flexibility index (Phi) is 3.70. The Morgan fingerprint density at radius 3 is 2.15 bits per heavy atom. The Bertz CT molecular complexity index is 243. The molecule has 1 rings (SSSR count). The number of hydrogen-bond acceptors (Lipinski definition) is 3. The molecule has 0 bridgehead atoms. The van der Waals surface area contributed by atoms with Crippen molar-refractivity contribution in [2.75, 3.05) is 32.4 Å². The first-order chi connectivity index (χ1) is 6.04. The van der Waals surface area contributed by atoms with E-state index in [9.17, 15) is 8.42 Å².